The van der Waals surface area contributed by atoms with E-state index >= 15 is 0 Å². The first-order valence-electron chi connectivity index (χ1n) is 8.32. The maximum atomic E-state index is 5.57. The molecule has 124 valence electrons. The summed E-state index contributed by atoms with van der Waals surface area (Å²) in [4.78, 5) is 7.30. The lowest BCUT2D eigenvalue weighted by atomic mass is 10.0. The highest BCUT2D eigenvalue weighted by atomic mass is 32.1. The first-order chi connectivity index (χ1) is 11.3. The fourth-order valence-corrected chi connectivity index (χ4v) is 4.03. The lowest BCUT2D eigenvalue weighted by Gasteiger charge is -2.36. The highest BCUT2D eigenvalue weighted by Gasteiger charge is 2.26. The monoisotopic (exact) mass is 331 g/mol. The van der Waals surface area contributed by atoms with Crippen LogP contribution in [0.5, 0.6) is 5.75 Å². The van der Waals surface area contributed by atoms with Crippen LogP contribution in [0.4, 0.5) is 0 Å². The lowest BCUT2D eigenvalue weighted by Crippen LogP contribution is -2.45. The summed E-state index contributed by atoms with van der Waals surface area (Å²) in [6, 6.07) is 8.67. The molecule has 1 N–H and O–H groups in total. The molecule has 0 bridgehead atoms. The summed E-state index contributed by atoms with van der Waals surface area (Å²) in [6.07, 6.45) is 2.24. The maximum absolute atomic E-state index is 5.57. The van der Waals surface area contributed by atoms with Gasteiger partial charge in [-0.2, -0.15) is 0 Å². The number of thiazole rings is 1. The number of nitrogens with one attached hydrogen (secondary N) is 1. The van der Waals surface area contributed by atoms with Crippen molar-refractivity contribution in [1.29, 1.82) is 0 Å². The Morgan fingerprint density at radius 1 is 1.39 bits per heavy atom. The Balaban J connectivity index is 1.78. The molecule has 1 aliphatic heterocycles. The van der Waals surface area contributed by atoms with Crippen molar-refractivity contribution < 1.29 is 4.74 Å². The van der Waals surface area contributed by atoms with Crippen molar-refractivity contribution in [3.05, 3.63) is 45.9 Å². The van der Waals surface area contributed by atoms with Gasteiger partial charge in [0, 0.05) is 37.1 Å². The molecule has 5 heteroatoms. The normalized spacial score (nSPS) is 19.0. The van der Waals surface area contributed by atoms with Gasteiger partial charge in [0.2, 0.25) is 0 Å². The quantitative estimate of drug-likeness (QED) is 0.882. The van der Waals surface area contributed by atoms with Crippen LogP contribution in [-0.2, 0) is 13.0 Å². The first kappa shape index (κ1) is 16.4. The number of nitrogens with zero attached hydrogens (tertiary/aromatic N) is 2. The Hall–Kier alpha value is -1.43. The van der Waals surface area contributed by atoms with Crippen LogP contribution in [0.15, 0.2) is 29.6 Å². The summed E-state index contributed by atoms with van der Waals surface area (Å²) in [5.74, 6) is 0.969. The smallest absolute Gasteiger partial charge is 0.123 e. The van der Waals surface area contributed by atoms with Crippen LogP contribution in [0.3, 0.4) is 0 Å². The minimum Gasteiger partial charge on any atom is -0.496 e. The predicted octanol–water partition coefficient (Wildman–Crippen LogP) is 3.25. The molecule has 2 heterocycles. The summed E-state index contributed by atoms with van der Waals surface area (Å²) < 4.78 is 5.57. The van der Waals surface area contributed by atoms with E-state index in [9.17, 15) is 0 Å². The summed E-state index contributed by atoms with van der Waals surface area (Å²) >= 11 is 1.79. The van der Waals surface area contributed by atoms with Crippen molar-refractivity contribution in [1.82, 2.24) is 15.2 Å². The Kier molecular flexibility index (Phi) is 5.65. The average Bonchev–Trinajstić information content (AvgIpc) is 3.03. The molecule has 1 aromatic carbocycles. The lowest BCUT2D eigenvalue weighted by molar-refractivity contribution is 0.149. The maximum Gasteiger partial charge on any atom is 0.123 e. The Bertz CT molecular complexity index is 628. The first-order valence-corrected chi connectivity index (χ1v) is 9.20. The Morgan fingerprint density at radius 2 is 2.26 bits per heavy atom. The molecule has 0 aliphatic carbocycles. The number of methoxy groups -OCH3 is 1. The molecule has 3 rings (SSSR count). The summed E-state index contributed by atoms with van der Waals surface area (Å²) in [5.41, 5.74) is 2.45. The van der Waals surface area contributed by atoms with Gasteiger partial charge in [-0.15, -0.1) is 11.3 Å². The van der Waals surface area contributed by atoms with Crippen molar-refractivity contribution in [2.45, 2.75) is 32.4 Å². The highest BCUT2D eigenvalue weighted by molar-refractivity contribution is 7.09. The van der Waals surface area contributed by atoms with E-state index in [2.05, 4.69) is 34.7 Å². The van der Waals surface area contributed by atoms with Crippen LogP contribution in [0, 0.1) is 0 Å². The van der Waals surface area contributed by atoms with Crippen LogP contribution in [0.25, 0.3) is 0 Å². The van der Waals surface area contributed by atoms with Gasteiger partial charge in [-0.3, -0.25) is 4.90 Å². The minimum atomic E-state index is 0.330. The summed E-state index contributed by atoms with van der Waals surface area (Å²) in [5, 5.41) is 6.98. The molecule has 1 unspecified atom stereocenters. The standard InChI is InChI=1S/C18H25N3OS/c1-3-6-18-20-14(13-23-18)12-21-10-9-19-11-16(21)15-7-4-5-8-17(15)22-2/h4-5,7-8,13,16,19H,3,6,9-12H2,1-2H3. The zero-order chi connectivity index (χ0) is 16.1. The molecular weight excluding hydrogens is 306 g/mol. The SMILES string of the molecule is CCCc1nc(CN2CCNCC2c2ccccc2OC)cs1. The molecule has 1 fully saturated rings. The van der Waals surface area contributed by atoms with Crippen molar-refractivity contribution in [3.63, 3.8) is 0 Å². The van der Waals surface area contributed by atoms with Gasteiger partial charge in [-0.1, -0.05) is 25.1 Å². The Morgan fingerprint density at radius 3 is 3.09 bits per heavy atom. The number of aromatic nitrogens is 1. The van der Waals surface area contributed by atoms with Crippen molar-refractivity contribution in [3.8, 4) is 5.75 Å². The third kappa shape index (κ3) is 3.91. The molecule has 0 radical (unpaired) electrons. The van der Waals surface area contributed by atoms with Crippen molar-refractivity contribution in [2.24, 2.45) is 0 Å². The summed E-state index contributed by atoms with van der Waals surface area (Å²) in [6.45, 7) is 6.12. The van der Waals surface area contributed by atoms with Crippen molar-refractivity contribution >= 4 is 11.3 Å². The number of piperazine rings is 1. The third-order valence-electron chi connectivity index (χ3n) is 4.28. The molecule has 0 amide bonds. The van der Waals surface area contributed by atoms with Crippen LogP contribution in [0.1, 0.15) is 35.7 Å². The number of hydrogen-bond acceptors (Lipinski definition) is 5. The van der Waals surface area contributed by atoms with E-state index in [0.29, 0.717) is 6.04 Å². The number of ether oxygens (including phenoxy) is 1. The van der Waals surface area contributed by atoms with E-state index in [1.54, 1.807) is 18.4 Å². The highest BCUT2D eigenvalue weighted by Crippen LogP contribution is 2.31. The number of aryl methyl sites for hydroxylation is 1. The topological polar surface area (TPSA) is 37.4 Å². The molecule has 0 saturated carbocycles. The second-order valence-electron chi connectivity index (χ2n) is 5.91. The van der Waals surface area contributed by atoms with Gasteiger partial charge in [-0.25, -0.2) is 4.98 Å². The van der Waals surface area contributed by atoms with Gasteiger partial charge < -0.3 is 10.1 Å². The van der Waals surface area contributed by atoms with Crippen LogP contribution in [-0.4, -0.2) is 36.6 Å². The third-order valence-corrected chi connectivity index (χ3v) is 5.24. The second kappa shape index (κ2) is 7.90. The largest absolute Gasteiger partial charge is 0.496 e. The predicted molar refractivity (Wildman–Crippen MR) is 95.1 cm³/mol. The molecule has 23 heavy (non-hydrogen) atoms. The molecule has 1 saturated heterocycles. The second-order valence-corrected chi connectivity index (χ2v) is 6.86. The summed E-state index contributed by atoms with van der Waals surface area (Å²) in [7, 11) is 1.75. The van der Waals surface area contributed by atoms with Gasteiger partial charge in [0.05, 0.1) is 23.9 Å². The number of benzene rings is 1. The zero-order valence-corrected chi connectivity index (χ0v) is 14.7. The van der Waals surface area contributed by atoms with Gasteiger partial charge >= 0.3 is 0 Å². The molecule has 1 aliphatic rings. The van der Waals surface area contributed by atoms with Crippen molar-refractivity contribution in [2.75, 3.05) is 26.7 Å². The van der Waals surface area contributed by atoms with Gasteiger partial charge in [0.15, 0.2) is 0 Å². The molecule has 2 aromatic rings. The fraction of sp³-hybridized carbons (Fsp3) is 0.500. The van der Waals surface area contributed by atoms with Gasteiger partial charge in [-0.05, 0) is 18.9 Å². The van der Waals surface area contributed by atoms with Gasteiger partial charge in [0.1, 0.15) is 5.75 Å². The Labute approximate surface area is 142 Å². The van der Waals surface area contributed by atoms with E-state index in [1.165, 1.54) is 16.3 Å². The van der Waals surface area contributed by atoms with Crippen LogP contribution in [0.2, 0.25) is 0 Å². The van der Waals surface area contributed by atoms with E-state index in [4.69, 9.17) is 9.72 Å². The molecular formula is C18H25N3OS. The minimum absolute atomic E-state index is 0.330. The molecule has 0 spiro atoms. The van der Waals surface area contributed by atoms with E-state index in [-0.39, 0.29) is 0 Å². The van der Waals surface area contributed by atoms with Crippen LogP contribution < -0.4 is 10.1 Å². The van der Waals surface area contributed by atoms with E-state index < -0.39 is 0 Å². The zero-order valence-electron chi connectivity index (χ0n) is 13.9. The van der Waals surface area contributed by atoms with Crippen LogP contribution >= 0.6 is 11.3 Å². The number of hydrogen-bond donors (Lipinski definition) is 1. The fourth-order valence-electron chi connectivity index (χ4n) is 3.14. The molecule has 1 aromatic heterocycles. The average molecular weight is 331 g/mol. The van der Waals surface area contributed by atoms with Gasteiger partial charge in [0.25, 0.3) is 0 Å². The van der Waals surface area contributed by atoms with E-state index in [0.717, 1.165) is 44.8 Å². The number of rotatable bonds is 6. The number of para-hydroxylation sites is 1. The molecule has 4 nitrogen and oxygen atoms in total. The van der Waals surface area contributed by atoms with E-state index in [1.807, 2.05) is 12.1 Å². The molecule has 1 atom stereocenters.